The molecular weight excluding hydrogens is 430 g/mol. The average molecular weight is 454 g/mol. The molecule has 2 atom stereocenters. The normalized spacial score (nSPS) is 19.4. The van der Waals surface area contributed by atoms with Crippen molar-refractivity contribution in [3.8, 4) is 5.69 Å². The molecule has 1 amide bonds. The van der Waals surface area contributed by atoms with E-state index in [0.29, 0.717) is 18.7 Å². The lowest BCUT2D eigenvalue weighted by Crippen LogP contribution is -2.46. The van der Waals surface area contributed by atoms with Crippen LogP contribution in [0.1, 0.15) is 40.3 Å². The van der Waals surface area contributed by atoms with Crippen molar-refractivity contribution in [2.24, 2.45) is 0 Å². The molecule has 150 valence electrons. The van der Waals surface area contributed by atoms with Crippen LogP contribution in [-0.2, 0) is 4.74 Å². The zero-order valence-corrected chi connectivity index (χ0v) is 18.4. The molecule has 5 nitrogen and oxygen atoms in total. The first kappa shape index (κ1) is 19.9. The maximum absolute atomic E-state index is 13.5. The van der Waals surface area contributed by atoms with Crippen molar-refractivity contribution in [1.82, 2.24) is 14.7 Å². The van der Waals surface area contributed by atoms with E-state index in [4.69, 9.17) is 4.74 Å². The lowest BCUT2D eigenvalue weighted by atomic mass is 10.1. The van der Waals surface area contributed by atoms with Crippen molar-refractivity contribution < 1.29 is 9.53 Å². The quantitative estimate of drug-likeness (QED) is 0.568. The maximum atomic E-state index is 13.5. The largest absolute Gasteiger partial charge is 0.367 e. The molecule has 0 N–H and O–H groups in total. The summed E-state index contributed by atoms with van der Waals surface area (Å²) in [6.07, 6.45) is -0.147. The Morgan fingerprint density at radius 1 is 1.07 bits per heavy atom. The smallest absolute Gasteiger partial charge is 0.257 e. The zero-order valence-electron chi connectivity index (χ0n) is 16.8. The molecule has 0 radical (unpaired) electrons. The van der Waals surface area contributed by atoms with Crippen LogP contribution in [0.25, 0.3) is 5.69 Å². The first-order valence-corrected chi connectivity index (χ1v) is 10.5. The molecule has 4 rings (SSSR count). The molecule has 1 fully saturated rings. The van der Waals surface area contributed by atoms with Gasteiger partial charge in [0, 0.05) is 11.0 Å². The summed E-state index contributed by atoms with van der Waals surface area (Å²) in [5, 5.41) is 4.64. The molecule has 0 aliphatic carbocycles. The Kier molecular flexibility index (Phi) is 5.56. The minimum atomic E-state index is -0.119. The molecule has 1 aliphatic heterocycles. The topological polar surface area (TPSA) is 47.4 Å². The van der Waals surface area contributed by atoms with Gasteiger partial charge in [-0.3, -0.25) is 4.79 Å². The van der Waals surface area contributed by atoms with Crippen LogP contribution in [0.4, 0.5) is 0 Å². The highest BCUT2D eigenvalue weighted by Gasteiger charge is 2.32. The number of morpholine rings is 1. The van der Waals surface area contributed by atoms with Crippen molar-refractivity contribution in [3.05, 3.63) is 81.6 Å². The number of halogens is 1. The van der Waals surface area contributed by atoms with Gasteiger partial charge in [-0.25, -0.2) is 4.68 Å². The van der Waals surface area contributed by atoms with Crippen molar-refractivity contribution in [2.45, 2.75) is 33.0 Å². The van der Waals surface area contributed by atoms with Crippen LogP contribution >= 0.6 is 15.9 Å². The van der Waals surface area contributed by atoms with E-state index in [2.05, 4.69) is 21.0 Å². The third-order valence-corrected chi connectivity index (χ3v) is 5.82. The second-order valence-electron chi connectivity index (χ2n) is 7.49. The molecule has 2 heterocycles. The van der Waals surface area contributed by atoms with Crippen LogP contribution < -0.4 is 0 Å². The number of ether oxygens (including phenoxy) is 1. The number of aryl methyl sites for hydroxylation is 1. The van der Waals surface area contributed by atoms with Crippen molar-refractivity contribution >= 4 is 21.8 Å². The van der Waals surface area contributed by atoms with E-state index in [1.54, 1.807) is 0 Å². The van der Waals surface area contributed by atoms with Crippen LogP contribution in [-0.4, -0.2) is 39.8 Å². The Morgan fingerprint density at radius 3 is 2.45 bits per heavy atom. The standard InChI is InChI=1S/C23H24BrN3O2/c1-15-13-26(14-21(29-15)18-7-5-4-6-8-18)23(28)22-16(2)25-27(17(22)3)20-11-9-19(24)10-12-20/h4-12,15,21H,13-14H2,1-3H3. The molecule has 1 aliphatic rings. The van der Waals surface area contributed by atoms with Gasteiger partial charge < -0.3 is 9.64 Å². The van der Waals surface area contributed by atoms with Gasteiger partial charge in [-0.15, -0.1) is 0 Å². The fourth-order valence-electron chi connectivity index (χ4n) is 3.91. The summed E-state index contributed by atoms with van der Waals surface area (Å²) in [5.41, 5.74) is 4.30. The Balaban J connectivity index is 1.63. The van der Waals surface area contributed by atoms with Crippen molar-refractivity contribution in [3.63, 3.8) is 0 Å². The number of aromatic nitrogens is 2. The summed E-state index contributed by atoms with van der Waals surface area (Å²) >= 11 is 3.46. The van der Waals surface area contributed by atoms with Gasteiger partial charge in [-0.1, -0.05) is 46.3 Å². The molecule has 29 heavy (non-hydrogen) atoms. The summed E-state index contributed by atoms with van der Waals surface area (Å²) in [6.45, 7) is 6.97. The molecule has 2 aromatic carbocycles. The lowest BCUT2D eigenvalue weighted by molar-refractivity contribution is -0.0692. The van der Waals surface area contributed by atoms with Crippen LogP contribution in [0.2, 0.25) is 0 Å². The summed E-state index contributed by atoms with van der Waals surface area (Å²) < 4.78 is 8.96. The predicted octanol–water partition coefficient (Wildman–Crippen LogP) is 4.85. The molecule has 6 heteroatoms. The third kappa shape index (κ3) is 4.00. The molecule has 2 unspecified atom stereocenters. The van der Waals surface area contributed by atoms with Gasteiger partial charge in [-0.2, -0.15) is 5.10 Å². The Bertz CT molecular complexity index is 1010. The average Bonchev–Trinajstić information content (AvgIpc) is 3.02. The molecule has 3 aromatic rings. The zero-order chi connectivity index (χ0) is 20.5. The van der Waals surface area contributed by atoms with Gasteiger partial charge >= 0.3 is 0 Å². The number of carbonyl (C=O) groups excluding carboxylic acids is 1. The Hall–Kier alpha value is -2.44. The van der Waals surface area contributed by atoms with Gasteiger partial charge in [-0.05, 0) is 50.6 Å². The number of carbonyl (C=O) groups is 1. The summed E-state index contributed by atoms with van der Waals surface area (Å²) in [4.78, 5) is 15.4. The first-order valence-electron chi connectivity index (χ1n) is 9.76. The number of benzene rings is 2. The van der Waals surface area contributed by atoms with Crippen molar-refractivity contribution in [2.75, 3.05) is 13.1 Å². The number of nitrogens with zero attached hydrogens (tertiary/aromatic N) is 3. The fourth-order valence-corrected chi connectivity index (χ4v) is 4.18. The fraction of sp³-hybridized carbons (Fsp3) is 0.304. The Morgan fingerprint density at radius 2 is 1.76 bits per heavy atom. The number of hydrogen-bond donors (Lipinski definition) is 0. The van der Waals surface area contributed by atoms with Gasteiger partial charge in [0.1, 0.15) is 6.10 Å². The summed E-state index contributed by atoms with van der Waals surface area (Å²) in [7, 11) is 0. The van der Waals surface area contributed by atoms with Crippen LogP contribution in [0, 0.1) is 13.8 Å². The SMILES string of the molecule is Cc1nn(-c2ccc(Br)cc2)c(C)c1C(=O)N1CC(C)OC(c2ccccc2)C1. The first-order chi connectivity index (χ1) is 13.9. The molecule has 0 bridgehead atoms. The second-order valence-corrected chi connectivity index (χ2v) is 8.41. The van der Waals surface area contributed by atoms with Gasteiger partial charge in [0.05, 0.1) is 35.3 Å². The molecule has 1 saturated heterocycles. The van der Waals surface area contributed by atoms with Crippen LogP contribution in [0.3, 0.4) is 0 Å². The number of rotatable bonds is 3. The molecule has 1 aromatic heterocycles. The molecule has 0 spiro atoms. The highest BCUT2D eigenvalue weighted by molar-refractivity contribution is 9.10. The van der Waals surface area contributed by atoms with Crippen LogP contribution in [0.5, 0.6) is 0 Å². The number of amides is 1. The van der Waals surface area contributed by atoms with E-state index < -0.39 is 0 Å². The molecule has 0 saturated carbocycles. The monoisotopic (exact) mass is 453 g/mol. The minimum Gasteiger partial charge on any atom is -0.367 e. The summed E-state index contributed by atoms with van der Waals surface area (Å²) in [6, 6.07) is 18.0. The third-order valence-electron chi connectivity index (χ3n) is 5.30. The van der Waals surface area contributed by atoms with Crippen molar-refractivity contribution in [1.29, 1.82) is 0 Å². The van der Waals surface area contributed by atoms with Gasteiger partial charge in [0.25, 0.3) is 5.91 Å². The highest BCUT2D eigenvalue weighted by Crippen LogP contribution is 2.28. The van der Waals surface area contributed by atoms with Crippen LogP contribution in [0.15, 0.2) is 59.1 Å². The van der Waals surface area contributed by atoms with E-state index in [1.807, 2.05) is 85.0 Å². The highest BCUT2D eigenvalue weighted by atomic mass is 79.9. The Labute approximate surface area is 179 Å². The lowest BCUT2D eigenvalue weighted by Gasteiger charge is -2.37. The van der Waals surface area contributed by atoms with Gasteiger partial charge in [0.15, 0.2) is 0 Å². The van der Waals surface area contributed by atoms with E-state index in [-0.39, 0.29) is 18.1 Å². The number of hydrogen-bond acceptors (Lipinski definition) is 3. The summed E-state index contributed by atoms with van der Waals surface area (Å²) in [5.74, 6) is 0.0134. The second kappa shape index (κ2) is 8.13. The van der Waals surface area contributed by atoms with E-state index >= 15 is 0 Å². The maximum Gasteiger partial charge on any atom is 0.257 e. The van der Waals surface area contributed by atoms with E-state index in [0.717, 1.165) is 27.1 Å². The van der Waals surface area contributed by atoms with E-state index in [1.165, 1.54) is 0 Å². The predicted molar refractivity (Wildman–Crippen MR) is 116 cm³/mol. The van der Waals surface area contributed by atoms with E-state index in [9.17, 15) is 4.79 Å². The molecular formula is C23H24BrN3O2. The minimum absolute atomic E-state index is 0.0134. The van der Waals surface area contributed by atoms with Gasteiger partial charge in [0.2, 0.25) is 0 Å².